The average Bonchev–Trinajstić information content (AvgIpc) is 3.52. The Labute approximate surface area is 280 Å². The molecule has 0 atom stereocenters. The SMILES string of the molecule is c1ccc(-c2cccc(N(c3ccccc3)c3cccc(-c4cccc5c4c4ccc6ccccc6c4n5-c4ccccc4)c3)c2)cc1. The monoisotopic (exact) mass is 612 g/mol. The molecule has 0 amide bonds. The molecule has 0 saturated heterocycles. The average molecular weight is 613 g/mol. The van der Waals surface area contributed by atoms with Gasteiger partial charge in [-0.15, -0.1) is 0 Å². The fourth-order valence-corrected chi connectivity index (χ4v) is 7.21. The van der Waals surface area contributed by atoms with E-state index >= 15 is 0 Å². The predicted molar refractivity (Wildman–Crippen MR) is 204 cm³/mol. The lowest BCUT2D eigenvalue weighted by Gasteiger charge is -2.26. The third kappa shape index (κ3) is 4.74. The smallest absolute Gasteiger partial charge is 0.0619 e. The van der Waals surface area contributed by atoms with Crippen LogP contribution in [-0.2, 0) is 0 Å². The molecule has 0 fully saturated rings. The molecule has 0 bridgehead atoms. The second-order valence-electron chi connectivity index (χ2n) is 12.2. The molecular formula is C46H32N2. The second kappa shape index (κ2) is 11.8. The quantitative estimate of drug-likeness (QED) is 0.181. The van der Waals surface area contributed by atoms with E-state index in [-0.39, 0.29) is 0 Å². The van der Waals surface area contributed by atoms with Crippen molar-refractivity contribution in [3.63, 3.8) is 0 Å². The number of para-hydroxylation sites is 2. The molecule has 0 saturated carbocycles. The number of nitrogens with zero attached hydrogens (tertiary/aromatic N) is 2. The van der Waals surface area contributed by atoms with Gasteiger partial charge in [0.05, 0.1) is 11.0 Å². The molecule has 0 aliphatic heterocycles. The minimum atomic E-state index is 1.11. The van der Waals surface area contributed by atoms with Gasteiger partial charge in [-0.3, -0.25) is 0 Å². The lowest BCUT2D eigenvalue weighted by molar-refractivity contribution is 1.19. The maximum atomic E-state index is 2.44. The molecule has 2 nitrogen and oxygen atoms in total. The number of fused-ring (bicyclic) bond motifs is 5. The summed E-state index contributed by atoms with van der Waals surface area (Å²) in [5.41, 5.74) is 11.7. The largest absolute Gasteiger partial charge is 0.310 e. The third-order valence-corrected chi connectivity index (χ3v) is 9.33. The Kier molecular flexibility index (Phi) is 6.84. The molecule has 48 heavy (non-hydrogen) atoms. The summed E-state index contributed by atoms with van der Waals surface area (Å²) in [4.78, 5) is 2.36. The maximum Gasteiger partial charge on any atom is 0.0619 e. The Balaban J connectivity index is 1.27. The van der Waals surface area contributed by atoms with Crippen molar-refractivity contribution in [2.75, 3.05) is 4.90 Å². The Bertz CT molecular complexity index is 2550. The zero-order valence-electron chi connectivity index (χ0n) is 26.4. The molecule has 0 spiro atoms. The zero-order chi connectivity index (χ0) is 31.9. The van der Waals surface area contributed by atoms with Gasteiger partial charge in [0.25, 0.3) is 0 Å². The summed E-state index contributed by atoms with van der Waals surface area (Å²) in [5, 5.41) is 5.01. The van der Waals surface area contributed by atoms with Crippen LogP contribution in [0.25, 0.3) is 60.5 Å². The van der Waals surface area contributed by atoms with Crippen molar-refractivity contribution in [2.24, 2.45) is 0 Å². The van der Waals surface area contributed by atoms with E-state index < -0.39 is 0 Å². The van der Waals surface area contributed by atoms with E-state index in [9.17, 15) is 0 Å². The fourth-order valence-electron chi connectivity index (χ4n) is 7.21. The van der Waals surface area contributed by atoms with Gasteiger partial charge in [0.15, 0.2) is 0 Å². The summed E-state index contributed by atoms with van der Waals surface area (Å²) in [7, 11) is 0. The Morgan fingerprint density at radius 3 is 1.73 bits per heavy atom. The Morgan fingerprint density at radius 2 is 0.958 bits per heavy atom. The van der Waals surface area contributed by atoms with E-state index in [4.69, 9.17) is 0 Å². The molecule has 1 aromatic heterocycles. The fraction of sp³-hybridized carbons (Fsp3) is 0. The van der Waals surface area contributed by atoms with Gasteiger partial charge in [0, 0.05) is 38.9 Å². The first-order chi connectivity index (χ1) is 23.8. The van der Waals surface area contributed by atoms with Crippen LogP contribution in [0, 0.1) is 0 Å². The first kappa shape index (κ1) is 27.9. The summed E-state index contributed by atoms with van der Waals surface area (Å²) in [5.74, 6) is 0. The summed E-state index contributed by atoms with van der Waals surface area (Å²) < 4.78 is 2.44. The van der Waals surface area contributed by atoms with Crippen molar-refractivity contribution in [3.05, 3.63) is 194 Å². The van der Waals surface area contributed by atoms with Gasteiger partial charge in [0.2, 0.25) is 0 Å². The number of rotatable bonds is 6. The molecule has 0 radical (unpaired) electrons. The van der Waals surface area contributed by atoms with E-state index in [0.29, 0.717) is 0 Å². The highest BCUT2D eigenvalue weighted by Crippen LogP contribution is 2.43. The van der Waals surface area contributed by atoms with Crippen LogP contribution in [-0.4, -0.2) is 4.57 Å². The first-order valence-electron chi connectivity index (χ1n) is 16.4. The van der Waals surface area contributed by atoms with Gasteiger partial charge in [0.1, 0.15) is 0 Å². The normalized spacial score (nSPS) is 11.3. The summed E-state index contributed by atoms with van der Waals surface area (Å²) in [6, 6.07) is 69.8. The molecule has 2 heteroatoms. The maximum absolute atomic E-state index is 2.44. The molecule has 9 rings (SSSR count). The van der Waals surface area contributed by atoms with Gasteiger partial charge in [-0.1, -0.05) is 140 Å². The summed E-state index contributed by atoms with van der Waals surface area (Å²) in [6.45, 7) is 0. The Hall–Kier alpha value is -6.38. The van der Waals surface area contributed by atoms with Crippen LogP contribution < -0.4 is 4.90 Å². The van der Waals surface area contributed by atoms with Crippen molar-refractivity contribution in [1.82, 2.24) is 4.57 Å². The standard InChI is InChI=1S/C46H32N2/c1-4-15-33(16-5-1)35-18-12-24-39(31-35)47(37-20-6-2-7-21-37)40-25-13-19-36(32-40)41-27-14-28-44-45(41)43-30-29-34-17-10-11-26-42(34)46(43)48(44)38-22-8-3-9-23-38/h1-32H. The minimum absolute atomic E-state index is 1.11. The lowest BCUT2D eigenvalue weighted by Crippen LogP contribution is -2.10. The minimum Gasteiger partial charge on any atom is -0.310 e. The Morgan fingerprint density at radius 1 is 0.375 bits per heavy atom. The van der Waals surface area contributed by atoms with Crippen LogP contribution in [0.15, 0.2) is 194 Å². The van der Waals surface area contributed by atoms with Crippen molar-refractivity contribution in [3.8, 4) is 27.9 Å². The van der Waals surface area contributed by atoms with Gasteiger partial charge < -0.3 is 9.47 Å². The van der Waals surface area contributed by atoms with Crippen LogP contribution in [0.5, 0.6) is 0 Å². The molecule has 226 valence electrons. The van der Waals surface area contributed by atoms with Crippen molar-refractivity contribution >= 4 is 49.6 Å². The topological polar surface area (TPSA) is 8.17 Å². The number of aromatic nitrogens is 1. The molecule has 0 N–H and O–H groups in total. The molecule has 9 aromatic rings. The first-order valence-corrected chi connectivity index (χ1v) is 16.4. The van der Waals surface area contributed by atoms with E-state index in [2.05, 4.69) is 204 Å². The number of anilines is 3. The van der Waals surface area contributed by atoms with Gasteiger partial charge in [-0.05, 0) is 82.2 Å². The lowest BCUT2D eigenvalue weighted by atomic mass is 9.97. The molecule has 0 aliphatic carbocycles. The highest BCUT2D eigenvalue weighted by Gasteiger charge is 2.19. The second-order valence-corrected chi connectivity index (χ2v) is 12.2. The predicted octanol–water partition coefficient (Wildman–Crippen LogP) is 12.7. The van der Waals surface area contributed by atoms with E-state index in [1.165, 1.54) is 54.8 Å². The molecule has 0 unspecified atom stereocenters. The summed E-state index contributed by atoms with van der Waals surface area (Å²) in [6.07, 6.45) is 0. The highest BCUT2D eigenvalue weighted by molar-refractivity contribution is 6.22. The highest BCUT2D eigenvalue weighted by atomic mass is 15.1. The van der Waals surface area contributed by atoms with Gasteiger partial charge >= 0.3 is 0 Å². The van der Waals surface area contributed by atoms with Crippen molar-refractivity contribution in [1.29, 1.82) is 0 Å². The van der Waals surface area contributed by atoms with Crippen LogP contribution in [0.2, 0.25) is 0 Å². The van der Waals surface area contributed by atoms with E-state index in [1.807, 2.05) is 0 Å². The van der Waals surface area contributed by atoms with Gasteiger partial charge in [-0.25, -0.2) is 0 Å². The number of benzene rings is 8. The third-order valence-electron chi connectivity index (χ3n) is 9.33. The number of hydrogen-bond acceptors (Lipinski definition) is 1. The van der Waals surface area contributed by atoms with Crippen molar-refractivity contribution in [2.45, 2.75) is 0 Å². The van der Waals surface area contributed by atoms with Crippen LogP contribution in [0.3, 0.4) is 0 Å². The number of hydrogen-bond donors (Lipinski definition) is 0. The summed E-state index contributed by atoms with van der Waals surface area (Å²) >= 11 is 0. The molecular weight excluding hydrogens is 581 g/mol. The van der Waals surface area contributed by atoms with Crippen LogP contribution in [0.4, 0.5) is 17.1 Å². The van der Waals surface area contributed by atoms with E-state index in [0.717, 1.165) is 22.7 Å². The van der Waals surface area contributed by atoms with Crippen LogP contribution >= 0.6 is 0 Å². The zero-order valence-corrected chi connectivity index (χ0v) is 26.4. The molecule has 0 aliphatic rings. The van der Waals surface area contributed by atoms with E-state index in [1.54, 1.807) is 0 Å². The van der Waals surface area contributed by atoms with Gasteiger partial charge in [-0.2, -0.15) is 0 Å². The molecule has 1 heterocycles. The van der Waals surface area contributed by atoms with Crippen molar-refractivity contribution < 1.29 is 0 Å². The van der Waals surface area contributed by atoms with Crippen LogP contribution in [0.1, 0.15) is 0 Å². The molecule has 8 aromatic carbocycles.